The van der Waals surface area contributed by atoms with Crippen molar-refractivity contribution in [2.24, 2.45) is 0 Å². The predicted molar refractivity (Wildman–Crippen MR) is 59.4 cm³/mol. The minimum Gasteiger partial charge on any atom is -0.322 e. The summed E-state index contributed by atoms with van der Waals surface area (Å²) in [6, 6.07) is 5.06. The van der Waals surface area contributed by atoms with Gasteiger partial charge in [-0.25, -0.2) is 4.57 Å². The van der Waals surface area contributed by atoms with E-state index in [9.17, 15) is 9.13 Å². The largest absolute Gasteiger partial charge is 0.470 e. The van der Waals surface area contributed by atoms with Crippen LogP contribution in [0.1, 0.15) is 11.4 Å². The first-order valence-corrected chi connectivity index (χ1v) is 7.73. The molecule has 4 N–H and O–H groups in total. The second kappa shape index (κ2) is 5.18. The predicted octanol–water partition coefficient (Wildman–Crippen LogP) is 1.63. The third-order valence-electron chi connectivity index (χ3n) is 1.70. The zero-order valence-electron chi connectivity index (χ0n) is 8.17. The summed E-state index contributed by atoms with van der Waals surface area (Å²) >= 11 is 5.58. The van der Waals surface area contributed by atoms with Crippen LogP contribution in [0.25, 0.3) is 0 Å². The fourth-order valence-corrected chi connectivity index (χ4v) is 3.00. The minimum absolute atomic E-state index is 0.0777. The molecule has 0 amide bonds. The van der Waals surface area contributed by atoms with Gasteiger partial charge in [0.05, 0.1) is 0 Å². The number of benzene rings is 1. The van der Waals surface area contributed by atoms with Crippen LogP contribution in [0.3, 0.4) is 0 Å². The van der Waals surface area contributed by atoms with Gasteiger partial charge in [0.25, 0.3) is 0 Å². The molecule has 0 radical (unpaired) electrons. The molecule has 0 bridgehead atoms. The van der Waals surface area contributed by atoms with Gasteiger partial charge < -0.3 is 19.6 Å². The lowest BCUT2D eigenvalue weighted by Gasteiger charge is -2.19. The van der Waals surface area contributed by atoms with Crippen molar-refractivity contribution in [3.63, 3.8) is 0 Å². The third-order valence-corrected chi connectivity index (χ3v) is 3.62. The topological polar surface area (TPSA) is 124 Å². The van der Waals surface area contributed by atoms with Crippen LogP contribution < -0.4 is 0 Å². The van der Waals surface area contributed by atoms with Crippen molar-refractivity contribution in [3.05, 3.63) is 34.9 Å². The van der Waals surface area contributed by atoms with Crippen LogP contribution in [0.4, 0.5) is 0 Å². The van der Waals surface area contributed by atoms with Crippen LogP contribution in [0.2, 0.25) is 5.02 Å². The van der Waals surface area contributed by atoms with Crippen LogP contribution in [0.15, 0.2) is 24.3 Å². The normalized spacial score (nSPS) is 14.6. The van der Waals surface area contributed by atoms with Crippen molar-refractivity contribution in [3.8, 4) is 0 Å². The van der Waals surface area contributed by atoms with Gasteiger partial charge >= 0.3 is 15.4 Å². The zero-order chi connectivity index (χ0) is 13.3. The quantitative estimate of drug-likeness (QED) is 0.623. The molecule has 0 spiro atoms. The summed E-state index contributed by atoms with van der Waals surface area (Å²) in [7, 11) is -9.89. The van der Waals surface area contributed by atoms with Gasteiger partial charge in [-0.05, 0) is 17.7 Å². The van der Waals surface area contributed by atoms with Gasteiger partial charge in [-0.1, -0.05) is 23.7 Å². The van der Waals surface area contributed by atoms with E-state index in [-0.39, 0.29) is 5.56 Å². The summed E-state index contributed by atoms with van der Waals surface area (Å²) in [5.41, 5.74) is -0.0777. The van der Waals surface area contributed by atoms with E-state index in [0.29, 0.717) is 5.02 Å². The molecule has 0 heterocycles. The summed E-state index contributed by atoms with van der Waals surface area (Å²) in [5.74, 6) is -2.03. The molecule has 0 aliphatic rings. The van der Waals surface area contributed by atoms with Gasteiger partial charge in [-0.3, -0.25) is 9.09 Å². The lowest BCUT2D eigenvalue weighted by Crippen LogP contribution is -2.03. The molecule has 0 fully saturated rings. The average Bonchev–Trinajstić information content (AvgIpc) is 2.13. The van der Waals surface area contributed by atoms with Gasteiger partial charge in [0, 0.05) is 5.02 Å². The highest BCUT2D eigenvalue weighted by Gasteiger charge is 2.37. The summed E-state index contributed by atoms with van der Waals surface area (Å²) in [5, 5.41) is 0.314. The van der Waals surface area contributed by atoms with Crippen LogP contribution >= 0.6 is 27.0 Å². The zero-order valence-corrected chi connectivity index (χ0v) is 10.7. The molecular weight excluding hydrogens is 293 g/mol. The Hall–Kier alpha value is -0.230. The molecule has 7 nitrogen and oxygen atoms in total. The molecule has 0 aliphatic carbocycles. The van der Waals surface area contributed by atoms with Crippen molar-refractivity contribution >= 4 is 27.0 Å². The Bertz CT molecular complexity index is 476. The Balaban J connectivity index is 3.12. The van der Waals surface area contributed by atoms with Crippen LogP contribution in [0, 0.1) is 0 Å². The molecule has 0 aromatic heterocycles. The van der Waals surface area contributed by atoms with Gasteiger partial charge in [0.1, 0.15) is 0 Å². The first-order chi connectivity index (χ1) is 7.59. The van der Waals surface area contributed by atoms with Crippen LogP contribution in [-0.4, -0.2) is 19.6 Å². The van der Waals surface area contributed by atoms with Gasteiger partial charge in [-0.15, -0.1) is 0 Å². The fourth-order valence-electron chi connectivity index (χ4n) is 1.07. The average molecular weight is 303 g/mol. The highest BCUT2D eigenvalue weighted by molar-refractivity contribution is 7.53. The molecule has 1 aromatic rings. The molecule has 1 aromatic carbocycles. The van der Waals surface area contributed by atoms with E-state index >= 15 is 0 Å². The Morgan fingerprint density at radius 1 is 1.06 bits per heavy atom. The first-order valence-electron chi connectivity index (χ1n) is 4.14. The van der Waals surface area contributed by atoms with E-state index < -0.39 is 21.3 Å². The Labute approximate surface area is 101 Å². The number of rotatable bonds is 4. The van der Waals surface area contributed by atoms with E-state index in [1.54, 1.807) is 0 Å². The lowest BCUT2D eigenvalue weighted by atomic mass is 10.2. The molecular formula is C7H9ClO7P2. The molecule has 1 atom stereocenters. The van der Waals surface area contributed by atoms with Crippen LogP contribution in [0.5, 0.6) is 0 Å². The molecule has 96 valence electrons. The van der Waals surface area contributed by atoms with E-state index in [1.165, 1.54) is 24.3 Å². The Morgan fingerprint density at radius 2 is 1.53 bits per heavy atom. The molecule has 1 unspecified atom stereocenters. The van der Waals surface area contributed by atoms with E-state index in [1.807, 2.05) is 0 Å². The SMILES string of the molecule is O=P(O)(O)OC(c1ccc(Cl)cc1)P(=O)(O)O. The highest BCUT2D eigenvalue weighted by Crippen LogP contribution is 2.58. The van der Waals surface area contributed by atoms with E-state index in [4.69, 9.17) is 31.2 Å². The highest BCUT2D eigenvalue weighted by atomic mass is 35.5. The van der Waals surface area contributed by atoms with Crippen molar-refractivity contribution in [2.45, 2.75) is 5.85 Å². The summed E-state index contributed by atoms with van der Waals surface area (Å²) < 4.78 is 25.8. The van der Waals surface area contributed by atoms with E-state index in [2.05, 4.69) is 4.52 Å². The number of phosphoric ester groups is 1. The second-order valence-corrected chi connectivity index (χ2v) is 6.36. The molecule has 0 saturated heterocycles. The van der Waals surface area contributed by atoms with Gasteiger partial charge in [0.15, 0.2) is 5.85 Å². The summed E-state index contributed by atoms with van der Waals surface area (Å²) in [4.78, 5) is 35.1. The fraction of sp³-hybridized carbons (Fsp3) is 0.143. The smallest absolute Gasteiger partial charge is 0.322 e. The monoisotopic (exact) mass is 302 g/mol. The van der Waals surface area contributed by atoms with Gasteiger partial charge in [-0.2, -0.15) is 0 Å². The maximum absolute atomic E-state index is 11.1. The molecule has 17 heavy (non-hydrogen) atoms. The van der Waals surface area contributed by atoms with Crippen molar-refractivity contribution in [1.29, 1.82) is 0 Å². The number of phosphoric acid groups is 1. The van der Waals surface area contributed by atoms with Crippen molar-refractivity contribution in [1.82, 2.24) is 0 Å². The van der Waals surface area contributed by atoms with E-state index in [0.717, 1.165) is 0 Å². The molecule has 1 rings (SSSR count). The minimum atomic E-state index is -5.02. The molecule has 0 saturated carbocycles. The number of halogens is 1. The van der Waals surface area contributed by atoms with Crippen molar-refractivity contribution in [2.75, 3.05) is 0 Å². The van der Waals surface area contributed by atoms with Gasteiger partial charge in [0.2, 0.25) is 0 Å². The van der Waals surface area contributed by atoms with Crippen LogP contribution in [-0.2, 0) is 13.7 Å². The number of hydrogen-bond donors (Lipinski definition) is 4. The standard InChI is InChI=1S/C7H9ClO7P2/c8-6-3-1-5(2-4-6)7(16(9,10)11)15-17(12,13)14/h1-4,7H,(H2,9,10,11)(H2,12,13,14). The maximum atomic E-state index is 11.1. The number of hydrogen-bond acceptors (Lipinski definition) is 3. The Morgan fingerprint density at radius 3 is 1.88 bits per heavy atom. The lowest BCUT2D eigenvalue weighted by molar-refractivity contribution is 0.155. The molecule has 10 heteroatoms. The molecule has 0 aliphatic heterocycles. The summed E-state index contributed by atoms with van der Waals surface area (Å²) in [6.45, 7) is 0. The van der Waals surface area contributed by atoms with Crippen molar-refractivity contribution < 1.29 is 33.2 Å². The third kappa shape index (κ3) is 4.87. The first kappa shape index (κ1) is 14.8. The second-order valence-electron chi connectivity index (χ2n) is 3.09. The Kier molecular flexibility index (Phi) is 4.52. The maximum Gasteiger partial charge on any atom is 0.470 e. The summed E-state index contributed by atoms with van der Waals surface area (Å²) in [6.07, 6.45) is 0.